The van der Waals surface area contributed by atoms with Crippen molar-refractivity contribution in [3.63, 3.8) is 0 Å². The summed E-state index contributed by atoms with van der Waals surface area (Å²) in [7, 11) is 0. The molecule has 0 unspecified atom stereocenters. The number of carbonyl (C=O) groups excluding carboxylic acids is 1. The van der Waals surface area contributed by atoms with Crippen molar-refractivity contribution in [3.05, 3.63) is 22.2 Å². The van der Waals surface area contributed by atoms with Crippen LogP contribution in [0.3, 0.4) is 0 Å². The summed E-state index contributed by atoms with van der Waals surface area (Å²) < 4.78 is 17.6. The van der Waals surface area contributed by atoms with Gasteiger partial charge in [0.15, 0.2) is 11.5 Å². The zero-order valence-corrected chi connectivity index (χ0v) is 14.1. The predicted octanol–water partition coefficient (Wildman–Crippen LogP) is 2.97. The van der Waals surface area contributed by atoms with Gasteiger partial charge in [-0.1, -0.05) is 15.9 Å². The molecular weight excluding hydrogens is 350 g/mol. The molecule has 0 spiro atoms. The lowest BCUT2D eigenvalue weighted by Crippen LogP contribution is -2.30. The van der Waals surface area contributed by atoms with Crippen molar-refractivity contribution in [2.45, 2.75) is 38.3 Å². The number of hydrogen-bond donors (Lipinski definition) is 1. The van der Waals surface area contributed by atoms with E-state index in [0.29, 0.717) is 19.6 Å². The lowest BCUT2D eigenvalue weighted by molar-refractivity contribution is -0.123. The molecule has 0 bridgehead atoms. The van der Waals surface area contributed by atoms with E-state index in [9.17, 15) is 4.79 Å². The number of rotatable bonds is 4. The van der Waals surface area contributed by atoms with Gasteiger partial charge in [-0.2, -0.15) is 0 Å². The Labute approximate surface area is 138 Å². The van der Waals surface area contributed by atoms with Crippen LogP contribution in [0.2, 0.25) is 0 Å². The van der Waals surface area contributed by atoms with Gasteiger partial charge in [-0.15, -0.1) is 0 Å². The number of halogens is 1. The largest absolute Gasteiger partial charge is 0.486 e. The molecule has 1 fully saturated rings. The van der Waals surface area contributed by atoms with Gasteiger partial charge in [-0.3, -0.25) is 4.79 Å². The maximum absolute atomic E-state index is 12.1. The maximum atomic E-state index is 12.1. The maximum Gasteiger partial charge on any atom is 0.223 e. The number of ether oxygens (including phenoxy) is 3. The second-order valence-electron chi connectivity index (χ2n) is 5.65. The van der Waals surface area contributed by atoms with Crippen LogP contribution < -0.4 is 14.8 Å². The second-order valence-corrected chi connectivity index (χ2v) is 6.50. The quantitative estimate of drug-likeness (QED) is 0.886. The van der Waals surface area contributed by atoms with Gasteiger partial charge in [0.2, 0.25) is 5.91 Å². The molecule has 22 heavy (non-hydrogen) atoms. The summed E-state index contributed by atoms with van der Waals surface area (Å²) in [5, 5.41) is 3.03. The Morgan fingerprint density at radius 3 is 2.73 bits per heavy atom. The lowest BCUT2D eigenvalue weighted by Gasteiger charge is -2.22. The van der Waals surface area contributed by atoms with E-state index < -0.39 is 0 Å². The first-order valence-corrected chi connectivity index (χ1v) is 8.43. The average molecular weight is 370 g/mol. The predicted molar refractivity (Wildman–Crippen MR) is 85.3 cm³/mol. The fourth-order valence-corrected chi connectivity index (χ4v) is 3.47. The van der Waals surface area contributed by atoms with Gasteiger partial charge in [0.25, 0.3) is 0 Å². The molecule has 0 saturated carbocycles. The van der Waals surface area contributed by atoms with Crippen LogP contribution >= 0.6 is 15.9 Å². The van der Waals surface area contributed by atoms with Crippen molar-refractivity contribution < 1.29 is 19.0 Å². The number of carbonyl (C=O) groups is 1. The van der Waals surface area contributed by atoms with E-state index in [1.807, 2.05) is 19.1 Å². The van der Waals surface area contributed by atoms with Crippen LogP contribution in [-0.4, -0.2) is 31.8 Å². The van der Waals surface area contributed by atoms with Crippen molar-refractivity contribution in [2.75, 3.05) is 19.8 Å². The number of fused-ring (bicyclic) bond motifs is 1. The van der Waals surface area contributed by atoms with Crippen molar-refractivity contribution in [2.24, 2.45) is 0 Å². The fourth-order valence-electron chi connectivity index (χ4n) is 2.80. The van der Waals surface area contributed by atoms with Crippen molar-refractivity contribution in [1.29, 1.82) is 0 Å². The Morgan fingerprint density at radius 2 is 2.05 bits per heavy atom. The molecule has 2 atom stereocenters. The molecule has 0 aromatic heterocycles. The topological polar surface area (TPSA) is 56.8 Å². The van der Waals surface area contributed by atoms with Crippen LogP contribution in [0.25, 0.3) is 0 Å². The fraction of sp³-hybridized carbons (Fsp3) is 0.562. The van der Waals surface area contributed by atoms with Gasteiger partial charge >= 0.3 is 0 Å². The van der Waals surface area contributed by atoms with Gasteiger partial charge in [-0.25, -0.2) is 0 Å². The number of nitrogens with one attached hydrogen (secondary N) is 1. The highest BCUT2D eigenvalue weighted by Gasteiger charge is 2.22. The normalized spacial score (nSPS) is 21.5. The van der Waals surface area contributed by atoms with E-state index in [1.165, 1.54) is 0 Å². The molecule has 3 rings (SSSR count). The third kappa shape index (κ3) is 3.55. The van der Waals surface area contributed by atoms with Gasteiger partial charge in [-0.05, 0) is 37.5 Å². The highest BCUT2D eigenvalue weighted by molar-refractivity contribution is 9.10. The van der Waals surface area contributed by atoms with E-state index >= 15 is 0 Å². The Hall–Kier alpha value is -1.27. The van der Waals surface area contributed by atoms with Crippen molar-refractivity contribution in [1.82, 2.24) is 5.32 Å². The minimum Gasteiger partial charge on any atom is -0.486 e. The van der Waals surface area contributed by atoms with E-state index in [4.69, 9.17) is 14.2 Å². The van der Waals surface area contributed by atoms with Crippen LogP contribution in [0, 0.1) is 0 Å². The van der Waals surface area contributed by atoms with Crippen LogP contribution in [0.1, 0.15) is 37.8 Å². The summed E-state index contributed by atoms with van der Waals surface area (Å²) >= 11 is 3.54. The highest BCUT2D eigenvalue weighted by atomic mass is 79.9. The molecule has 2 aliphatic heterocycles. The first kappa shape index (κ1) is 15.6. The van der Waals surface area contributed by atoms with Gasteiger partial charge in [0.05, 0.1) is 18.6 Å². The first-order valence-electron chi connectivity index (χ1n) is 7.63. The van der Waals surface area contributed by atoms with Crippen LogP contribution in [0.5, 0.6) is 11.5 Å². The Bertz CT molecular complexity index is 557. The van der Waals surface area contributed by atoms with Gasteiger partial charge < -0.3 is 19.5 Å². The summed E-state index contributed by atoms with van der Waals surface area (Å²) in [5.41, 5.74) is 0.977. The summed E-state index contributed by atoms with van der Waals surface area (Å²) in [6.07, 6.45) is 2.50. The zero-order valence-electron chi connectivity index (χ0n) is 12.6. The van der Waals surface area contributed by atoms with E-state index in [0.717, 1.165) is 41.0 Å². The Morgan fingerprint density at radius 1 is 1.32 bits per heavy atom. The average Bonchev–Trinajstić information content (AvgIpc) is 2.99. The van der Waals surface area contributed by atoms with Crippen LogP contribution in [0.4, 0.5) is 0 Å². The molecule has 2 aliphatic rings. The van der Waals surface area contributed by atoms with Crippen LogP contribution in [0.15, 0.2) is 16.6 Å². The van der Waals surface area contributed by atoms with Gasteiger partial charge in [0, 0.05) is 11.1 Å². The summed E-state index contributed by atoms with van der Waals surface area (Å²) in [6, 6.07) is 3.71. The Kier molecular flexibility index (Phi) is 4.88. The second kappa shape index (κ2) is 6.87. The molecule has 0 radical (unpaired) electrons. The Balaban J connectivity index is 1.66. The van der Waals surface area contributed by atoms with Crippen molar-refractivity contribution >= 4 is 21.8 Å². The number of hydrogen-bond acceptors (Lipinski definition) is 4. The molecule has 6 heteroatoms. The monoisotopic (exact) mass is 369 g/mol. The van der Waals surface area contributed by atoms with Crippen LogP contribution in [-0.2, 0) is 9.53 Å². The van der Waals surface area contributed by atoms with E-state index in [2.05, 4.69) is 21.2 Å². The molecule has 1 N–H and O–H groups in total. The zero-order chi connectivity index (χ0) is 15.5. The number of amides is 1. The minimum atomic E-state index is -0.112. The third-order valence-electron chi connectivity index (χ3n) is 3.94. The number of benzene rings is 1. The van der Waals surface area contributed by atoms with E-state index in [-0.39, 0.29) is 18.1 Å². The summed E-state index contributed by atoms with van der Waals surface area (Å²) in [4.78, 5) is 12.1. The summed E-state index contributed by atoms with van der Waals surface area (Å²) in [6.45, 7) is 3.84. The SMILES string of the molecule is C[C@@H](NC(=O)C[C@H]1CCCO1)c1cc2c(cc1Br)OCCO2. The molecule has 5 nitrogen and oxygen atoms in total. The smallest absolute Gasteiger partial charge is 0.223 e. The molecule has 0 aliphatic carbocycles. The standard InChI is InChI=1S/C16H20BrNO4/c1-10(18-16(19)7-11-3-2-4-20-11)12-8-14-15(9-13(12)17)22-6-5-21-14/h8-11H,2-7H2,1H3,(H,18,19)/t10-,11-/m1/s1. The third-order valence-corrected chi connectivity index (χ3v) is 4.63. The molecule has 1 amide bonds. The lowest BCUT2D eigenvalue weighted by atomic mass is 10.1. The van der Waals surface area contributed by atoms with Gasteiger partial charge in [0.1, 0.15) is 13.2 Å². The molecule has 120 valence electrons. The van der Waals surface area contributed by atoms with Crippen molar-refractivity contribution in [3.8, 4) is 11.5 Å². The molecule has 1 saturated heterocycles. The molecule has 2 heterocycles. The molecular formula is C16H20BrNO4. The minimum absolute atomic E-state index is 0.0150. The van der Waals surface area contributed by atoms with E-state index in [1.54, 1.807) is 0 Å². The molecule has 1 aromatic carbocycles. The summed E-state index contributed by atoms with van der Waals surface area (Å²) in [5.74, 6) is 1.48. The first-order chi connectivity index (χ1) is 10.6. The molecule has 1 aromatic rings. The highest BCUT2D eigenvalue weighted by Crippen LogP contribution is 2.37.